The molecule has 0 fully saturated rings. The molecule has 2 rings (SSSR count). The first-order chi connectivity index (χ1) is 10.2. The minimum Gasteiger partial charge on any atom is -0.459 e. The quantitative estimate of drug-likeness (QED) is 0.466. The lowest BCUT2D eigenvalue weighted by Crippen LogP contribution is -2.20. The first-order valence-electron chi connectivity index (χ1n) is 6.38. The Hall–Kier alpha value is -2.27. The smallest absolute Gasteiger partial charge is 0.379 e. The van der Waals surface area contributed by atoms with Crippen molar-refractivity contribution in [2.75, 3.05) is 12.4 Å². The van der Waals surface area contributed by atoms with Crippen molar-refractivity contribution in [2.24, 2.45) is 0 Å². The highest BCUT2D eigenvalue weighted by atomic mass is 32.2. The van der Waals surface area contributed by atoms with E-state index in [4.69, 9.17) is 4.74 Å². The van der Waals surface area contributed by atoms with Crippen LogP contribution in [0.5, 0.6) is 0 Å². The van der Waals surface area contributed by atoms with Gasteiger partial charge in [0.1, 0.15) is 6.61 Å². The van der Waals surface area contributed by atoms with Crippen LogP contribution in [0.1, 0.15) is 10.4 Å². The van der Waals surface area contributed by atoms with Crippen molar-refractivity contribution >= 4 is 22.6 Å². The number of benzene rings is 2. The third-order valence-corrected chi connectivity index (χ3v) is 4.06. The summed E-state index contributed by atoms with van der Waals surface area (Å²) in [5.41, 5.74) is 0.284. The molecule has 0 saturated carbocycles. The van der Waals surface area contributed by atoms with Crippen LogP contribution in [0.3, 0.4) is 0 Å². The van der Waals surface area contributed by atoms with Crippen LogP contribution in [0.25, 0.3) is 0 Å². The Morgan fingerprint density at radius 1 is 0.905 bits per heavy atom. The van der Waals surface area contributed by atoms with Crippen LogP contribution >= 0.6 is 0 Å². The summed E-state index contributed by atoms with van der Waals surface area (Å²) in [6, 6.07) is 17.1. The number of Topliss-reactive ketones (excluding diaryl/α,β-unsaturated/α-hetero) is 1. The average molecular weight is 302 g/mol. The molecule has 0 saturated heterocycles. The Balaban J connectivity index is 1.82. The van der Waals surface area contributed by atoms with E-state index in [1.807, 2.05) is 6.07 Å². The third-order valence-electron chi connectivity index (χ3n) is 2.73. The second kappa shape index (κ2) is 7.50. The zero-order valence-electron chi connectivity index (χ0n) is 11.2. The number of carbonyl (C=O) groups is 2. The highest BCUT2D eigenvalue weighted by Gasteiger charge is 2.17. The second-order valence-electron chi connectivity index (χ2n) is 4.19. The van der Waals surface area contributed by atoms with Gasteiger partial charge in [-0.2, -0.15) is 0 Å². The lowest BCUT2D eigenvalue weighted by molar-refractivity contribution is -0.137. The van der Waals surface area contributed by atoms with Crippen LogP contribution in [0.2, 0.25) is 0 Å². The monoisotopic (exact) mass is 302 g/mol. The Bertz CT molecular complexity index is 638. The number of ether oxygens (including phenoxy) is 1. The number of ketones is 1. The summed E-state index contributed by atoms with van der Waals surface area (Å²) >= 11 is 0. The number of hydrogen-bond acceptors (Lipinski definition) is 4. The molecule has 0 aliphatic heterocycles. The summed E-state index contributed by atoms with van der Waals surface area (Å²) in [5, 5.41) is 0. The lowest BCUT2D eigenvalue weighted by Gasteiger charge is -2.04. The van der Waals surface area contributed by atoms with E-state index in [2.05, 4.69) is 0 Å². The molecular weight excluding hydrogens is 288 g/mol. The summed E-state index contributed by atoms with van der Waals surface area (Å²) in [7, 11) is -1.25. The van der Waals surface area contributed by atoms with E-state index in [9.17, 15) is 13.8 Å². The molecule has 0 spiro atoms. The Labute approximate surface area is 125 Å². The van der Waals surface area contributed by atoms with Gasteiger partial charge in [0, 0.05) is 10.5 Å². The molecule has 0 aromatic heterocycles. The zero-order chi connectivity index (χ0) is 15.1. The van der Waals surface area contributed by atoms with Crippen molar-refractivity contribution < 1.29 is 18.5 Å². The molecular formula is C16H14O4S. The molecule has 0 N–H and O–H groups in total. The summed E-state index contributed by atoms with van der Waals surface area (Å²) in [4.78, 5) is 24.0. The van der Waals surface area contributed by atoms with Crippen molar-refractivity contribution in [3.05, 3.63) is 66.2 Å². The van der Waals surface area contributed by atoms with Crippen LogP contribution < -0.4 is 0 Å². The van der Waals surface area contributed by atoms with Crippen LogP contribution in [-0.2, 0) is 20.3 Å². The van der Waals surface area contributed by atoms with Gasteiger partial charge in [0.25, 0.3) is 5.78 Å². The van der Waals surface area contributed by atoms with E-state index < -0.39 is 22.6 Å². The topological polar surface area (TPSA) is 60.4 Å². The molecule has 4 nitrogen and oxygen atoms in total. The third kappa shape index (κ3) is 4.36. The van der Waals surface area contributed by atoms with E-state index in [1.54, 1.807) is 54.6 Å². The van der Waals surface area contributed by atoms with E-state index in [0.717, 1.165) is 0 Å². The lowest BCUT2D eigenvalue weighted by atomic mass is 10.1. The fraction of sp³-hybridized carbons (Fsp3) is 0.125. The largest absolute Gasteiger partial charge is 0.459 e. The first-order valence-corrected chi connectivity index (χ1v) is 7.70. The van der Waals surface area contributed by atoms with Crippen LogP contribution in [0, 0.1) is 0 Å². The van der Waals surface area contributed by atoms with Gasteiger partial charge in [0.15, 0.2) is 0 Å². The molecule has 0 aliphatic carbocycles. The maximum absolute atomic E-state index is 11.9. The van der Waals surface area contributed by atoms with E-state index in [-0.39, 0.29) is 17.9 Å². The average Bonchev–Trinajstić information content (AvgIpc) is 2.55. The standard InChI is InChI=1S/C16H14O4S/c17-15(13-7-3-1-4-8-13)16(18)20-11-12-21(19)14-9-5-2-6-10-14/h1-10H,11-12H2. The van der Waals surface area contributed by atoms with E-state index in [0.29, 0.717) is 4.90 Å². The fourth-order valence-electron chi connectivity index (χ4n) is 1.67. The highest BCUT2D eigenvalue weighted by molar-refractivity contribution is 7.85. The van der Waals surface area contributed by atoms with Gasteiger partial charge in [-0.3, -0.25) is 9.00 Å². The Morgan fingerprint density at radius 2 is 1.48 bits per heavy atom. The second-order valence-corrected chi connectivity index (χ2v) is 5.76. The summed E-state index contributed by atoms with van der Waals surface area (Å²) < 4.78 is 16.8. The predicted molar refractivity (Wildman–Crippen MR) is 79.4 cm³/mol. The molecule has 21 heavy (non-hydrogen) atoms. The van der Waals surface area contributed by atoms with Crippen molar-refractivity contribution in [2.45, 2.75) is 4.90 Å². The molecule has 0 aliphatic rings. The number of rotatable bonds is 6. The minimum atomic E-state index is -1.25. The zero-order valence-corrected chi connectivity index (χ0v) is 12.0. The molecule has 0 heterocycles. The van der Waals surface area contributed by atoms with Gasteiger partial charge in [0.2, 0.25) is 0 Å². The molecule has 1 atom stereocenters. The summed E-state index contributed by atoms with van der Waals surface area (Å²) in [6.07, 6.45) is 0. The normalized spacial score (nSPS) is 11.6. The van der Waals surface area contributed by atoms with E-state index >= 15 is 0 Å². The molecule has 1 unspecified atom stereocenters. The van der Waals surface area contributed by atoms with Crippen molar-refractivity contribution in [3.63, 3.8) is 0 Å². The van der Waals surface area contributed by atoms with Crippen LogP contribution in [0.15, 0.2) is 65.6 Å². The molecule has 0 amide bonds. The maximum Gasteiger partial charge on any atom is 0.379 e. The van der Waals surface area contributed by atoms with Crippen molar-refractivity contribution in [1.29, 1.82) is 0 Å². The van der Waals surface area contributed by atoms with E-state index in [1.165, 1.54) is 0 Å². The Kier molecular flexibility index (Phi) is 5.40. The Morgan fingerprint density at radius 3 is 2.10 bits per heavy atom. The van der Waals surface area contributed by atoms with Crippen LogP contribution in [-0.4, -0.2) is 28.3 Å². The fourth-order valence-corrected chi connectivity index (χ4v) is 2.60. The minimum absolute atomic E-state index is 0.0566. The molecule has 108 valence electrons. The van der Waals surface area contributed by atoms with Gasteiger partial charge in [-0.05, 0) is 12.1 Å². The predicted octanol–water partition coefficient (Wildman–Crippen LogP) is 2.22. The van der Waals surface area contributed by atoms with Crippen molar-refractivity contribution in [3.8, 4) is 0 Å². The molecule has 5 heteroatoms. The molecule has 0 bridgehead atoms. The van der Waals surface area contributed by atoms with Gasteiger partial charge in [-0.15, -0.1) is 0 Å². The maximum atomic E-state index is 11.9. The number of carbonyl (C=O) groups excluding carboxylic acids is 2. The van der Waals surface area contributed by atoms with Gasteiger partial charge in [0.05, 0.1) is 16.6 Å². The van der Waals surface area contributed by atoms with Gasteiger partial charge >= 0.3 is 5.97 Å². The van der Waals surface area contributed by atoms with Gasteiger partial charge in [-0.25, -0.2) is 4.79 Å². The van der Waals surface area contributed by atoms with Gasteiger partial charge < -0.3 is 4.74 Å². The SMILES string of the molecule is O=C(OCCS(=O)c1ccccc1)C(=O)c1ccccc1. The molecule has 2 aromatic carbocycles. The molecule has 0 radical (unpaired) electrons. The van der Waals surface area contributed by atoms with Gasteiger partial charge in [-0.1, -0.05) is 48.5 Å². The van der Waals surface area contributed by atoms with Crippen LogP contribution in [0.4, 0.5) is 0 Å². The summed E-state index contributed by atoms with van der Waals surface area (Å²) in [5.74, 6) is -1.45. The molecule has 2 aromatic rings. The number of esters is 1. The first kappa shape index (κ1) is 15.1. The van der Waals surface area contributed by atoms with Crippen molar-refractivity contribution in [1.82, 2.24) is 0 Å². The highest BCUT2D eigenvalue weighted by Crippen LogP contribution is 2.06. The summed E-state index contributed by atoms with van der Waals surface area (Å²) in [6.45, 7) is -0.0566. The number of hydrogen-bond donors (Lipinski definition) is 0.